The zero-order valence-electron chi connectivity index (χ0n) is 19.4. The highest BCUT2D eigenvalue weighted by atomic mass is 16.6. The van der Waals surface area contributed by atoms with Crippen LogP contribution in [0, 0.1) is 0 Å². The first-order valence-corrected chi connectivity index (χ1v) is 11.5. The van der Waals surface area contributed by atoms with Crippen LogP contribution in [0.1, 0.15) is 25.2 Å². The van der Waals surface area contributed by atoms with Crippen LogP contribution in [-0.2, 0) is 22.7 Å². The number of aryl methyl sites for hydroxylation is 1. The van der Waals surface area contributed by atoms with Crippen LogP contribution in [0.15, 0.2) is 60.0 Å². The van der Waals surface area contributed by atoms with E-state index in [1.165, 1.54) is 0 Å². The maximum atomic E-state index is 5.61. The number of oxime groups is 1. The molecule has 1 fully saturated rings. The number of hydrogen-bond donors (Lipinski definition) is 0. The van der Waals surface area contributed by atoms with E-state index in [-0.39, 0.29) is 0 Å². The Balaban J connectivity index is 1.57. The quantitative estimate of drug-likeness (QED) is 0.309. The first-order chi connectivity index (χ1) is 16.7. The Labute approximate surface area is 198 Å². The Kier molecular flexibility index (Phi) is 6.44. The first kappa shape index (κ1) is 22.0. The van der Waals surface area contributed by atoms with E-state index in [1.807, 2.05) is 49.4 Å². The third kappa shape index (κ3) is 4.47. The molecule has 9 nitrogen and oxygen atoms in total. The van der Waals surface area contributed by atoms with Gasteiger partial charge >= 0.3 is 0 Å². The third-order valence-corrected chi connectivity index (χ3v) is 5.74. The van der Waals surface area contributed by atoms with Crippen molar-refractivity contribution in [2.75, 3.05) is 31.2 Å². The Morgan fingerprint density at radius 2 is 1.79 bits per heavy atom. The van der Waals surface area contributed by atoms with Gasteiger partial charge < -0.3 is 19.0 Å². The third-order valence-electron chi connectivity index (χ3n) is 5.74. The van der Waals surface area contributed by atoms with E-state index < -0.39 is 0 Å². The Morgan fingerprint density at radius 3 is 2.53 bits per heavy atom. The van der Waals surface area contributed by atoms with Gasteiger partial charge in [-0.2, -0.15) is 0 Å². The lowest BCUT2D eigenvalue weighted by molar-refractivity contribution is 0.122. The molecule has 1 aromatic carbocycles. The number of nitrogens with zero attached hydrogens (tertiary/aromatic N) is 7. The summed E-state index contributed by atoms with van der Waals surface area (Å²) in [5.41, 5.74) is 4.20. The smallest absolute Gasteiger partial charge is 0.181 e. The average Bonchev–Trinajstić information content (AvgIpc) is 3.28. The molecule has 4 heterocycles. The molecule has 0 aliphatic carbocycles. The number of imidazole rings is 1. The predicted molar refractivity (Wildman–Crippen MR) is 131 cm³/mol. The molecule has 0 unspecified atom stereocenters. The first-order valence-electron chi connectivity index (χ1n) is 11.5. The van der Waals surface area contributed by atoms with Gasteiger partial charge in [-0.25, -0.2) is 15.0 Å². The van der Waals surface area contributed by atoms with Gasteiger partial charge in [0, 0.05) is 37.6 Å². The van der Waals surface area contributed by atoms with Gasteiger partial charge in [0.1, 0.15) is 18.1 Å². The van der Waals surface area contributed by atoms with Crippen molar-refractivity contribution in [2.45, 2.75) is 27.0 Å². The van der Waals surface area contributed by atoms with Gasteiger partial charge in [0.2, 0.25) is 0 Å². The predicted octanol–water partition coefficient (Wildman–Crippen LogP) is 3.69. The van der Waals surface area contributed by atoms with E-state index >= 15 is 0 Å². The molecule has 0 saturated carbocycles. The molecule has 0 atom stereocenters. The fraction of sp³-hybridized carbons (Fsp3) is 0.320. The van der Waals surface area contributed by atoms with Crippen LogP contribution in [0.5, 0.6) is 0 Å². The number of benzene rings is 1. The van der Waals surface area contributed by atoms with Crippen LogP contribution in [0.25, 0.3) is 22.6 Å². The lowest BCUT2D eigenvalue weighted by Crippen LogP contribution is -2.37. The van der Waals surface area contributed by atoms with Gasteiger partial charge in [0.05, 0.1) is 13.2 Å². The maximum absolute atomic E-state index is 5.61. The number of fused-ring (bicyclic) bond motifs is 1. The van der Waals surface area contributed by atoms with Crippen molar-refractivity contribution in [1.82, 2.24) is 24.5 Å². The van der Waals surface area contributed by atoms with Crippen molar-refractivity contribution in [3.8, 4) is 11.4 Å². The van der Waals surface area contributed by atoms with Crippen LogP contribution < -0.4 is 4.90 Å². The molecule has 3 aromatic heterocycles. The molecule has 0 N–H and O–H groups in total. The van der Waals surface area contributed by atoms with Gasteiger partial charge in [-0.1, -0.05) is 35.5 Å². The molecule has 34 heavy (non-hydrogen) atoms. The van der Waals surface area contributed by atoms with E-state index in [2.05, 4.69) is 26.5 Å². The van der Waals surface area contributed by atoms with Gasteiger partial charge in [0.15, 0.2) is 22.8 Å². The molecule has 0 bridgehead atoms. The molecule has 0 spiro atoms. The van der Waals surface area contributed by atoms with Crippen LogP contribution in [0.3, 0.4) is 0 Å². The molecule has 174 valence electrons. The lowest BCUT2D eigenvalue weighted by Gasteiger charge is -2.28. The molecule has 1 aliphatic rings. The van der Waals surface area contributed by atoms with Gasteiger partial charge in [-0.3, -0.25) is 4.98 Å². The van der Waals surface area contributed by atoms with Gasteiger partial charge in [-0.05, 0) is 31.5 Å². The van der Waals surface area contributed by atoms with E-state index in [1.54, 1.807) is 12.4 Å². The number of ether oxygens (including phenoxy) is 1. The molecule has 5 rings (SSSR count). The Morgan fingerprint density at radius 1 is 1.03 bits per heavy atom. The van der Waals surface area contributed by atoms with Crippen LogP contribution >= 0.6 is 0 Å². The number of pyridine rings is 1. The summed E-state index contributed by atoms with van der Waals surface area (Å²) in [6, 6.07) is 13.9. The molecule has 9 heteroatoms. The van der Waals surface area contributed by atoms with E-state index in [9.17, 15) is 0 Å². The number of hydrogen-bond acceptors (Lipinski definition) is 8. The second-order valence-corrected chi connectivity index (χ2v) is 7.99. The number of anilines is 1. The summed E-state index contributed by atoms with van der Waals surface area (Å²) in [7, 11) is 0. The van der Waals surface area contributed by atoms with Crippen LogP contribution in [-0.4, -0.2) is 56.5 Å². The minimum absolute atomic E-state index is 0.385. The lowest BCUT2D eigenvalue weighted by atomic mass is 10.2. The molecule has 4 aromatic rings. The number of aromatic nitrogens is 5. The average molecular weight is 458 g/mol. The highest BCUT2D eigenvalue weighted by molar-refractivity contribution is 5.98. The molecule has 0 radical (unpaired) electrons. The highest BCUT2D eigenvalue weighted by Crippen LogP contribution is 2.29. The van der Waals surface area contributed by atoms with Crippen molar-refractivity contribution in [3.63, 3.8) is 0 Å². The standard InChI is InChI=1S/C25H27N7O2/c1-3-32-23(20-9-11-26-12-10-20)27-21-24(31-13-15-33-16-14-31)28-22(29-25(21)32)18(2)30-34-17-19-7-5-4-6-8-19/h4-12H,3,13-17H2,1-2H3/b30-18+. The van der Waals surface area contributed by atoms with E-state index in [0.717, 1.165) is 47.0 Å². The summed E-state index contributed by atoms with van der Waals surface area (Å²) in [4.78, 5) is 26.7. The van der Waals surface area contributed by atoms with Crippen molar-refractivity contribution in [3.05, 3.63) is 66.2 Å². The molecular formula is C25H27N7O2. The Bertz CT molecular complexity index is 1280. The second-order valence-electron chi connectivity index (χ2n) is 7.99. The molecule has 1 aliphatic heterocycles. The SMILES string of the molecule is CCn1c(-c2ccncc2)nc2c(N3CCOCC3)nc(/C(C)=N/OCc3ccccc3)nc21. The minimum Gasteiger partial charge on any atom is -0.391 e. The topological polar surface area (TPSA) is 90.6 Å². The summed E-state index contributed by atoms with van der Waals surface area (Å²) < 4.78 is 7.67. The summed E-state index contributed by atoms with van der Waals surface area (Å²) in [5, 5.41) is 4.31. The normalized spacial score (nSPS) is 14.5. The number of morpholine rings is 1. The molecular weight excluding hydrogens is 430 g/mol. The van der Waals surface area contributed by atoms with Gasteiger partial charge in [0.25, 0.3) is 0 Å². The molecule has 0 amide bonds. The monoisotopic (exact) mass is 457 g/mol. The van der Waals surface area contributed by atoms with Crippen molar-refractivity contribution in [2.24, 2.45) is 5.16 Å². The zero-order valence-corrected chi connectivity index (χ0v) is 19.4. The van der Waals surface area contributed by atoms with Crippen molar-refractivity contribution < 1.29 is 9.57 Å². The summed E-state index contributed by atoms with van der Waals surface area (Å²) in [6.07, 6.45) is 3.55. The Hall–Kier alpha value is -3.85. The van der Waals surface area contributed by atoms with Crippen molar-refractivity contribution >= 4 is 22.7 Å². The van der Waals surface area contributed by atoms with Gasteiger partial charge in [-0.15, -0.1) is 0 Å². The van der Waals surface area contributed by atoms with E-state index in [4.69, 9.17) is 24.5 Å². The fourth-order valence-corrected chi connectivity index (χ4v) is 3.98. The van der Waals surface area contributed by atoms with Crippen LogP contribution in [0.2, 0.25) is 0 Å². The molecule has 1 saturated heterocycles. The number of rotatable bonds is 7. The minimum atomic E-state index is 0.385. The van der Waals surface area contributed by atoms with Crippen molar-refractivity contribution in [1.29, 1.82) is 0 Å². The second kappa shape index (κ2) is 9.96. The summed E-state index contributed by atoms with van der Waals surface area (Å²) >= 11 is 0. The maximum Gasteiger partial charge on any atom is 0.181 e. The summed E-state index contributed by atoms with van der Waals surface area (Å²) in [6.45, 7) is 7.85. The zero-order chi connectivity index (χ0) is 23.3. The summed E-state index contributed by atoms with van der Waals surface area (Å²) in [5.74, 6) is 2.16. The fourth-order valence-electron chi connectivity index (χ4n) is 3.98. The van der Waals surface area contributed by atoms with E-state index in [0.29, 0.717) is 37.9 Å². The largest absolute Gasteiger partial charge is 0.391 e. The van der Waals surface area contributed by atoms with Crippen LogP contribution in [0.4, 0.5) is 5.82 Å². The highest BCUT2D eigenvalue weighted by Gasteiger charge is 2.24.